The second-order valence-corrected chi connectivity index (χ2v) is 31.1. The first-order valence-electron chi connectivity index (χ1n) is 30.8. The topological polar surface area (TPSA) is 347 Å². The lowest BCUT2D eigenvalue weighted by Gasteiger charge is -2.43. The normalized spacial score (nSPS) is 22.2. The fourth-order valence-electron chi connectivity index (χ4n) is 12.5. The smallest absolute Gasteiger partial charge is 0.474 e. The van der Waals surface area contributed by atoms with Gasteiger partial charge in [-0.1, -0.05) is 38.1 Å². The van der Waals surface area contributed by atoms with E-state index < -0.39 is 76.4 Å². The molecule has 4 aliphatic heterocycles. The van der Waals surface area contributed by atoms with Gasteiger partial charge < -0.3 is 68.5 Å². The number of nitriles is 1. The molecular formula is C62H80N11O16PS2. The van der Waals surface area contributed by atoms with Gasteiger partial charge in [0, 0.05) is 99.9 Å². The minimum Gasteiger partial charge on any atom is -0.474 e. The predicted molar refractivity (Wildman–Crippen MR) is 339 cm³/mol. The molecule has 7 heterocycles. The molecular weight excluding hydrogens is 1250 g/mol. The number of pyridine rings is 1. The summed E-state index contributed by atoms with van der Waals surface area (Å²) in [4.78, 5) is 73.3. The molecule has 92 heavy (non-hydrogen) atoms. The molecule has 5 aliphatic rings. The molecule has 1 aliphatic carbocycles. The number of ether oxygens (including phenoxy) is 6. The van der Waals surface area contributed by atoms with Crippen molar-refractivity contribution in [1.82, 2.24) is 35.5 Å². The van der Waals surface area contributed by atoms with E-state index in [2.05, 4.69) is 50.9 Å². The number of piperidine rings is 1. The standard InChI is InChI=1S/C62H80N11O16PS2/c1-37(2)57(60(75)72-35-48(88-61(76)85-39(4)62(5,6)91-92(7,80)81)29-52(72)59(74)66-38(3)41-14-12-40(32-63)13-15-41)54-31-56(69-89-54)82-25-24-70-22-19-45(20-23-70)86-46-27-47(28-46)87-55-26-42(18-21-65-55)73-43-16-17-44(73)34-71(33-43)51-30-50(67-68-58(51)64)49-10-8-9-11-53(49)83-36-84-90(77,78)79/h8-15,18,21,26,30-31,37-39,43-48,52,57H,16-17,19-20,22-25,27-29,33-36H2,1-7H3,(H2,64,68)(H,66,74)(H2,77,78,79)/t38-,39?,43?,44?,46-,47-,48+,52-,57+/m0/s1. The number of hydrogen-bond acceptors (Lipinski definition) is 24. The number of aromatic nitrogens is 4. The number of nitrogens with zero attached hydrogens (tertiary/aromatic N) is 9. The third-order valence-electron chi connectivity index (χ3n) is 17.5. The lowest BCUT2D eigenvalue weighted by molar-refractivity contribution is -0.141. The Morgan fingerprint density at radius 3 is 2.29 bits per heavy atom. The molecule has 0 radical (unpaired) electrons. The maximum absolute atomic E-state index is 14.7. The molecule has 496 valence electrons. The van der Waals surface area contributed by atoms with Crippen molar-refractivity contribution in [2.75, 3.05) is 74.5 Å². The lowest BCUT2D eigenvalue weighted by atomic mass is 9.91. The Balaban J connectivity index is 0.668. The molecule has 2 amide bonds. The van der Waals surface area contributed by atoms with Crippen LogP contribution in [-0.2, 0) is 41.8 Å². The summed E-state index contributed by atoms with van der Waals surface area (Å²) >= 11 is 0. The van der Waals surface area contributed by atoms with Gasteiger partial charge in [0.05, 0.1) is 52.6 Å². The fourth-order valence-corrected chi connectivity index (χ4v) is 16.4. The Labute approximate surface area is 538 Å². The summed E-state index contributed by atoms with van der Waals surface area (Å²) in [5.74, 6) is -0.515. The van der Waals surface area contributed by atoms with Crippen LogP contribution in [0.15, 0.2) is 83.5 Å². The van der Waals surface area contributed by atoms with Gasteiger partial charge in [0.25, 0.3) is 5.88 Å². The number of nitrogens with one attached hydrogen (secondary N) is 1. The number of piperazine rings is 1. The van der Waals surface area contributed by atoms with Gasteiger partial charge in [-0.3, -0.25) is 14.5 Å². The molecule has 1 saturated carbocycles. The van der Waals surface area contributed by atoms with Gasteiger partial charge in [-0.05, 0) is 117 Å². The number of hydrogen-bond donors (Lipinski definition) is 4. The minimum atomic E-state index is -4.73. The van der Waals surface area contributed by atoms with Gasteiger partial charge in [-0.25, -0.2) is 27.3 Å². The van der Waals surface area contributed by atoms with E-state index in [1.165, 1.54) is 4.90 Å². The van der Waals surface area contributed by atoms with Gasteiger partial charge in [0.2, 0.25) is 17.7 Å². The highest BCUT2D eigenvalue weighted by atomic mass is 33.1. The number of benzene rings is 2. The van der Waals surface area contributed by atoms with Gasteiger partial charge >= 0.3 is 14.0 Å². The summed E-state index contributed by atoms with van der Waals surface area (Å²) < 4.78 is 80.5. The van der Waals surface area contributed by atoms with Crippen molar-refractivity contribution < 1.29 is 74.6 Å². The Hall–Kier alpha value is -7.29. The van der Waals surface area contributed by atoms with Crippen LogP contribution in [0.2, 0.25) is 0 Å². The maximum Gasteiger partial charge on any atom is 0.508 e. The molecule has 2 aromatic carbocycles. The molecule has 5 N–H and O–H groups in total. The quantitative estimate of drug-likeness (QED) is 0.0182. The number of phosphoric acid groups is 1. The van der Waals surface area contributed by atoms with Gasteiger partial charge in [0.15, 0.2) is 27.2 Å². The largest absolute Gasteiger partial charge is 0.508 e. The van der Waals surface area contributed by atoms with Crippen LogP contribution < -0.4 is 35.1 Å². The van der Waals surface area contributed by atoms with Crippen molar-refractivity contribution >= 4 is 62.6 Å². The lowest BCUT2D eigenvalue weighted by Crippen LogP contribution is -2.54. The number of para-hydroxylation sites is 1. The summed E-state index contributed by atoms with van der Waals surface area (Å²) in [6, 6.07) is 22.2. The minimum absolute atomic E-state index is 0.0143. The summed E-state index contributed by atoms with van der Waals surface area (Å²) in [5, 5.41) is 25.1. The summed E-state index contributed by atoms with van der Waals surface area (Å²) in [6.07, 6.45) is 5.35. The number of amides is 2. The summed E-state index contributed by atoms with van der Waals surface area (Å²) in [7, 11) is -7.55. The zero-order valence-corrected chi connectivity index (χ0v) is 55.0. The highest BCUT2D eigenvalue weighted by Gasteiger charge is 2.47. The second kappa shape index (κ2) is 28.9. The Bertz CT molecular complexity index is 3600. The SMILES string of the molecule is CC(C)[C@@H](C(=O)N1C[C@H](OC(=O)OC(C)C(C)(C)SS(C)(=O)=O)C[C@H]1C(=O)N[C@@H](C)c1ccc(C#N)cc1)c1cc(OCCN2CCC(O[C@H]3C[C@H](Oc4cc(N5C6CCC5CN(c5cc(-c7ccccc7OCOP(=O)(O)O)nnc5N)C6)ccn4)C3)CC2)no1. The Kier molecular flexibility index (Phi) is 21.3. The number of fused-ring (bicyclic) bond motifs is 2. The van der Waals surface area contributed by atoms with Gasteiger partial charge in [-0.2, -0.15) is 5.26 Å². The zero-order valence-electron chi connectivity index (χ0n) is 52.4. The van der Waals surface area contributed by atoms with Crippen LogP contribution in [0, 0.1) is 17.2 Å². The number of rotatable bonds is 26. The molecule has 2 bridgehead atoms. The molecule has 0 spiro atoms. The Morgan fingerprint density at radius 2 is 1.61 bits per heavy atom. The van der Waals surface area contributed by atoms with Crippen molar-refractivity contribution in [2.45, 2.75) is 152 Å². The molecule has 4 saturated heterocycles. The molecule has 30 heteroatoms. The molecule has 5 fully saturated rings. The molecule has 27 nitrogen and oxygen atoms in total. The molecule has 3 aromatic heterocycles. The summed E-state index contributed by atoms with van der Waals surface area (Å²) in [5.41, 5.74) is 10.5. The van der Waals surface area contributed by atoms with E-state index in [0.29, 0.717) is 71.3 Å². The molecule has 3 unspecified atom stereocenters. The van der Waals surface area contributed by atoms with E-state index >= 15 is 0 Å². The fraction of sp³-hybridized carbons (Fsp3) is 0.548. The van der Waals surface area contributed by atoms with E-state index in [0.717, 1.165) is 74.8 Å². The van der Waals surface area contributed by atoms with E-state index in [-0.39, 0.29) is 60.9 Å². The van der Waals surface area contributed by atoms with Crippen molar-refractivity contribution in [3.8, 4) is 34.8 Å². The number of phosphoric ester groups is 1. The van der Waals surface area contributed by atoms with Crippen LogP contribution in [-0.4, -0.2) is 179 Å². The number of nitrogen functional groups attached to an aromatic ring is 1. The predicted octanol–water partition coefficient (Wildman–Crippen LogP) is 7.35. The van der Waals surface area contributed by atoms with Crippen molar-refractivity contribution in [1.29, 1.82) is 5.26 Å². The van der Waals surface area contributed by atoms with Crippen LogP contribution in [0.4, 0.5) is 22.0 Å². The third kappa shape index (κ3) is 17.1. The number of likely N-dealkylation sites (tertiary alicyclic amines) is 2. The average Bonchev–Trinajstić information content (AvgIpc) is 1.56. The summed E-state index contributed by atoms with van der Waals surface area (Å²) in [6.45, 7) is 13.5. The van der Waals surface area contributed by atoms with Crippen molar-refractivity contribution in [2.24, 2.45) is 5.92 Å². The van der Waals surface area contributed by atoms with Gasteiger partial charge in [-0.15, -0.1) is 10.2 Å². The number of anilines is 3. The number of carbonyl (C=O) groups excluding carboxylic acids is 3. The molecule has 10 rings (SSSR count). The second-order valence-electron chi connectivity index (χ2n) is 24.9. The van der Waals surface area contributed by atoms with Crippen molar-refractivity contribution in [3.05, 3.63) is 95.9 Å². The van der Waals surface area contributed by atoms with E-state index in [1.807, 2.05) is 32.0 Å². The maximum atomic E-state index is 14.7. The Morgan fingerprint density at radius 1 is 0.891 bits per heavy atom. The first-order chi connectivity index (χ1) is 43.8. The monoisotopic (exact) mass is 1330 g/mol. The highest BCUT2D eigenvalue weighted by Crippen LogP contribution is 2.42. The first-order valence-corrected chi connectivity index (χ1v) is 35.6. The van der Waals surface area contributed by atoms with E-state index in [9.17, 15) is 32.6 Å². The first kappa shape index (κ1) is 67.6. The van der Waals surface area contributed by atoms with Gasteiger partial charge in [0.1, 0.15) is 42.6 Å². The third-order valence-corrected chi connectivity index (χ3v) is 21.2. The average molecular weight is 1330 g/mol. The van der Waals surface area contributed by atoms with Crippen LogP contribution in [0.3, 0.4) is 0 Å². The number of carbonyl (C=O) groups is 3. The highest BCUT2D eigenvalue weighted by molar-refractivity contribution is 8.72. The van der Waals surface area contributed by atoms with E-state index in [1.54, 1.807) is 88.5 Å². The van der Waals surface area contributed by atoms with Crippen LogP contribution >= 0.6 is 18.6 Å². The van der Waals surface area contributed by atoms with E-state index in [4.69, 9.17) is 48.5 Å². The zero-order chi connectivity index (χ0) is 65.6. The molecule has 7 atom stereocenters. The van der Waals surface area contributed by atoms with Crippen LogP contribution in [0.1, 0.15) is 115 Å². The number of nitrogens with two attached hydrogens (primary N) is 1. The molecule has 5 aromatic rings. The van der Waals surface area contributed by atoms with Crippen LogP contribution in [0.25, 0.3) is 11.3 Å². The van der Waals surface area contributed by atoms with Crippen molar-refractivity contribution in [3.63, 3.8) is 0 Å². The van der Waals surface area contributed by atoms with Crippen LogP contribution in [0.5, 0.6) is 17.5 Å².